The van der Waals surface area contributed by atoms with Gasteiger partial charge in [-0.3, -0.25) is 25.5 Å². The Morgan fingerprint density at radius 1 is 1.33 bits per heavy atom. The van der Waals surface area contributed by atoms with Gasteiger partial charge in [0, 0.05) is 17.0 Å². The molecule has 0 spiro atoms. The number of hydrogen-bond donors (Lipinski definition) is 3. The van der Waals surface area contributed by atoms with Crippen molar-refractivity contribution in [1.29, 1.82) is 0 Å². The van der Waals surface area contributed by atoms with Crippen LogP contribution >= 0.6 is 27.7 Å². The van der Waals surface area contributed by atoms with Crippen molar-refractivity contribution >= 4 is 39.5 Å². The maximum Gasteiger partial charge on any atom is 0.248 e. The summed E-state index contributed by atoms with van der Waals surface area (Å²) in [5, 5.41) is 7.32. The average Bonchev–Trinajstić information content (AvgIpc) is 2.92. The van der Waals surface area contributed by atoms with E-state index in [1.807, 2.05) is 24.3 Å². The number of carbonyl (C=O) groups excluding carboxylic acids is 2. The second-order valence-electron chi connectivity index (χ2n) is 3.96. The van der Waals surface area contributed by atoms with E-state index in [9.17, 15) is 9.59 Å². The molecule has 21 heavy (non-hydrogen) atoms. The fraction of sp³-hybridized carbons (Fsp3) is 0.167. The van der Waals surface area contributed by atoms with Crippen LogP contribution in [0.1, 0.15) is 6.92 Å². The molecular formula is C12H12BrN5O2S. The summed E-state index contributed by atoms with van der Waals surface area (Å²) in [6.07, 6.45) is 0. The minimum atomic E-state index is -0.331. The predicted molar refractivity (Wildman–Crippen MR) is 82.2 cm³/mol. The maximum absolute atomic E-state index is 11.4. The Morgan fingerprint density at radius 3 is 2.81 bits per heavy atom. The fourth-order valence-electron chi connectivity index (χ4n) is 1.41. The number of halogens is 1. The van der Waals surface area contributed by atoms with Crippen LogP contribution in [0, 0.1) is 0 Å². The highest BCUT2D eigenvalue weighted by molar-refractivity contribution is 9.10. The molecule has 0 unspecified atom stereocenters. The molecule has 1 aromatic heterocycles. The van der Waals surface area contributed by atoms with E-state index in [1.165, 1.54) is 18.7 Å². The molecule has 0 aliphatic rings. The van der Waals surface area contributed by atoms with E-state index in [-0.39, 0.29) is 17.6 Å². The number of hydrogen-bond acceptors (Lipinski definition) is 5. The molecule has 2 aromatic rings. The number of aromatic amines is 1. The molecule has 2 amide bonds. The van der Waals surface area contributed by atoms with E-state index in [2.05, 4.69) is 42.0 Å². The monoisotopic (exact) mass is 369 g/mol. The first-order valence-corrected chi connectivity index (χ1v) is 7.69. The molecule has 7 nitrogen and oxygen atoms in total. The van der Waals surface area contributed by atoms with Crippen LogP contribution in [0.15, 0.2) is 33.9 Å². The van der Waals surface area contributed by atoms with E-state index >= 15 is 0 Å². The second-order valence-corrected chi connectivity index (χ2v) is 5.76. The zero-order chi connectivity index (χ0) is 15.2. The predicted octanol–water partition coefficient (Wildman–Crippen LogP) is 1.49. The number of nitrogens with zero attached hydrogens (tertiary/aromatic N) is 2. The Morgan fingerprint density at radius 2 is 2.10 bits per heavy atom. The Kier molecular flexibility index (Phi) is 5.34. The van der Waals surface area contributed by atoms with Crippen molar-refractivity contribution in [3.8, 4) is 11.4 Å². The number of amides is 2. The first-order valence-electron chi connectivity index (χ1n) is 5.92. The summed E-state index contributed by atoms with van der Waals surface area (Å²) in [6, 6.07) is 7.62. The van der Waals surface area contributed by atoms with E-state index < -0.39 is 0 Å². The summed E-state index contributed by atoms with van der Waals surface area (Å²) in [4.78, 5) is 26.4. The third-order valence-corrected chi connectivity index (χ3v) is 3.84. The number of benzene rings is 1. The molecule has 9 heteroatoms. The first kappa shape index (κ1) is 15.5. The summed E-state index contributed by atoms with van der Waals surface area (Å²) in [7, 11) is 0. The SMILES string of the molecule is CC(=O)NNC(=O)CSc1n[nH]c(-c2ccccc2Br)n1. The summed E-state index contributed by atoms with van der Waals surface area (Å²) in [5.41, 5.74) is 5.37. The molecule has 0 aliphatic carbocycles. The summed E-state index contributed by atoms with van der Waals surface area (Å²) >= 11 is 4.61. The third-order valence-electron chi connectivity index (χ3n) is 2.30. The number of carbonyl (C=O) groups is 2. The molecule has 1 heterocycles. The maximum atomic E-state index is 11.4. The lowest BCUT2D eigenvalue weighted by Crippen LogP contribution is -2.41. The van der Waals surface area contributed by atoms with Crippen LogP contribution in [0.3, 0.4) is 0 Å². The summed E-state index contributed by atoms with van der Waals surface area (Å²) in [5.74, 6) is 0.0604. The van der Waals surface area contributed by atoms with Crippen molar-refractivity contribution < 1.29 is 9.59 Å². The molecule has 0 aliphatic heterocycles. The minimum Gasteiger partial charge on any atom is -0.274 e. The molecule has 0 saturated heterocycles. The van der Waals surface area contributed by atoms with Crippen LogP contribution in [0.5, 0.6) is 0 Å². The third kappa shape index (κ3) is 4.57. The van der Waals surface area contributed by atoms with Gasteiger partial charge in [-0.1, -0.05) is 45.9 Å². The number of hydrazine groups is 1. The van der Waals surface area contributed by atoms with Gasteiger partial charge in [0.25, 0.3) is 0 Å². The van der Waals surface area contributed by atoms with Crippen molar-refractivity contribution in [2.24, 2.45) is 0 Å². The van der Waals surface area contributed by atoms with Crippen molar-refractivity contribution in [3.63, 3.8) is 0 Å². The van der Waals surface area contributed by atoms with Crippen LogP contribution in [-0.2, 0) is 9.59 Å². The normalized spacial score (nSPS) is 10.2. The van der Waals surface area contributed by atoms with Gasteiger partial charge < -0.3 is 0 Å². The molecule has 0 radical (unpaired) electrons. The lowest BCUT2D eigenvalue weighted by Gasteiger charge is -2.02. The largest absolute Gasteiger partial charge is 0.274 e. The van der Waals surface area contributed by atoms with Crippen LogP contribution in [0.4, 0.5) is 0 Å². The van der Waals surface area contributed by atoms with Gasteiger partial charge in [0.2, 0.25) is 17.0 Å². The van der Waals surface area contributed by atoms with E-state index in [0.717, 1.165) is 10.0 Å². The van der Waals surface area contributed by atoms with Crippen molar-refractivity contribution in [3.05, 3.63) is 28.7 Å². The van der Waals surface area contributed by atoms with Crippen LogP contribution in [0.2, 0.25) is 0 Å². The second kappa shape index (κ2) is 7.23. The molecule has 0 saturated carbocycles. The average molecular weight is 370 g/mol. The minimum absolute atomic E-state index is 0.105. The van der Waals surface area contributed by atoms with Crippen LogP contribution in [-0.4, -0.2) is 32.7 Å². The Bertz CT molecular complexity index is 661. The van der Waals surface area contributed by atoms with Gasteiger partial charge >= 0.3 is 0 Å². The quantitative estimate of drug-likeness (QED) is 0.560. The molecule has 110 valence electrons. The van der Waals surface area contributed by atoms with Crippen molar-refractivity contribution in [2.45, 2.75) is 12.1 Å². The summed E-state index contributed by atoms with van der Waals surface area (Å²) in [6.45, 7) is 1.31. The molecule has 0 atom stereocenters. The Hall–Kier alpha value is -1.87. The number of thioether (sulfide) groups is 1. The topological polar surface area (TPSA) is 99.8 Å². The standard InChI is InChI=1S/C12H12BrN5O2S/c1-7(19)15-16-10(20)6-21-12-14-11(17-18-12)8-4-2-3-5-9(8)13/h2-5H,6H2,1H3,(H,15,19)(H,16,20)(H,14,17,18). The number of H-pyrrole nitrogens is 1. The van der Waals surface area contributed by atoms with Gasteiger partial charge in [-0.25, -0.2) is 4.98 Å². The number of rotatable bonds is 4. The lowest BCUT2D eigenvalue weighted by molar-refractivity contribution is -0.126. The van der Waals surface area contributed by atoms with Gasteiger partial charge in [0.1, 0.15) is 0 Å². The molecular weight excluding hydrogens is 358 g/mol. The lowest BCUT2D eigenvalue weighted by atomic mass is 10.2. The smallest absolute Gasteiger partial charge is 0.248 e. The number of nitrogens with one attached hydrogen (secondary N) is 3. The molecule has 2 rings (SSSR count). The van der Waals surface area contributed by atoms with E-state index in [0.29, 0.717) is 11.0 Å². The Balaban J connectivity index is 1.93. The highest BCUT2D eigenvalue weighted by atomic mass is 79.9. The zero-order valence-electron chi connectivity index (χ0n) is 11.0. The molecule has 3 N–H and O–H groups in total. The van der Waals surface area contributed by atoms with Crippen molar-refractivity contribution in [2.75, 3.05) is 5.75 Å². The molecule has 0 bridgehead atoms. The first-order chi connectivity index (χ1) is 10.1. The molecule has 0 fully saturated rings. The zero-order valence-corrected chi connectivity index (χ0v) is 13.4. The van der Waals surface area contributed by atoms with Gasteiger partial charge in [0.15, 0.2) is 5.82 Å². The van der Waals surface area contributed by atoms with Gasteiger partial charge in [-0.15, -0.1) is 5.10 Å². The number of aromatic nitrogens is 3. The highest BCUT2D eigenvalue weighted by Gasteiger charge is 2.10. The fourth-order valence-corrected chi connectivity index (χ4v) is 2.48. The molecule has 1 aromatic carbocycles. The van der Waals surface area contributed by atoms with Crippen molar-refractivity contribution in [1.82, 2.24) is 26.0 Å². The van der Waals surface area contributed by atoms with Gasteiger partial charge in [0.05, 0.1) is 5.75 Å². The highest BCUT2D eigenvalue weighted by Crippen LogP contribution is 2.26. The van der Waals surface area contributed by atoms with Crippen LogP contribution < -0.4 is 10.9 Å². The van der Waals surface area contributed by atoms with E-state index in [1.54, 1.807) is 0 Å². The summed E-state index contributed by atoms with van der Waals surface area (Å²) < 4.78 is 0.904. The van der Waals surface area contributed by atoms with E-state index in [4.69, 9.17) is 0 Å². The van der Waals surface area contributed by atoms with Gasteiger partial charge in [-0.2, -0.15) is 0 Å². The van der Waals surface area contributed by atoms with Gasteiger partial charge in [-0.05, 0) is 6.07 Å². The Labute approximate surface area is 133 Å². The van der Waals surface area contributed by atoms with Crippen LogP contribution in [0.25, 0.3) is 11.4 Å².